The highest BCUT2D eigenvalue weighted by atomic mass is 16.5. The maximum absolute atomic E-state index is 11.7. The Labute approximate surface area is 132 Å². The number of nitrogens with one attached hydrogen (secondary N) is 2. The summed E-state index contributed by atoms with van der Waals surface area (Å²) in [6.45, 7) is 9.95. The van der Waals surface area contributed by atoms with Crippen molar-refractivity contribution in [3.8, 4) is 5.75 Å². The van der Waals surface area contributed by atoms with E-state index in [1.165, 1.54) is 5.56 Å². The Morgan fingerprint density at radius 2 is 1.82 bits per heavy atom. The average molecular weight is 306 g/mol. The van der Waals surface area contributed by atoms with Crippen molar-refractivity contribution in [2.24, 2.45) is 0 Å². The molecule has 5 nitrogen and oxygen atoms in total. The molecule has 0 saturated heterocycles. The Kier molecular flexibility index (Phi) is 6.40. The molecule has 0 heterocycles. The highest BCUT2D eigenvalue weighted by Crippen LogP contribution is 2.18. The van der Waals surface area contributed by atoms with E-state index in [0.717, 1.165) is 11.3 Å². The number of rotatable bonds is 6. The predicted octanol–water partition coefficient (Wildman–Crippen LogP) is 2.10. The molecule has 1 rings (SSSR count). The van der Waals surface area contributed by atoms with Crippen molar-refractivity contribution in [2.75, 3.05) is 13.2 Å². The molecule has 0 saturated carbocycles. The third kappa shape index (κ3) is 7.11. The van der Waals surface area contributed by atoms with Crippen molar-refractivity contribution < 1.29 is 14.3 Å². The van der Waals surface area contributed by atoms with Gasteiger partial charge in [0.05, 0.1) is 19.6 Å². The van der Waals surface area contributed by atoms with Crippen LogP contribution in [0.5, 0.6) is 5.75 Å². The lowest BCUT2D eigenvalue weighted by molar-refractivity contribution is -0.127. The third-order valence-corrected chi connectivity index (χ3v) is 2.88. The minimum absolute atomic E-state index is 0.0142. The van der Waals surface area contributed by atoms with E-state index < -0.39 is 0 Å². The largest absolute Gasteiger partial charge is 0.493 e. The summed E-state index contributed by atoms with van der Waals surface area (Å²) in [5, 5.41) is 5.37. The number of aryl methyl sites for hydroxylation is 2. The number of hydrogen-bond acceptors (Lipinski definition) is 3. The molecule has 1 aromatic carbocycles. The monoisotopic (exact) mass is 306 g/mol. The molecule has 1 aromatic rings. The second kappa shape index (κ2) is 7.82. The summed E-state index contributed by atoms with van der Waals surface area (Å²) >= 11 is 0. The standard InChI is InChI=1S/C17H26N2O3/c1-12-6-7-14(13(2)10-12)22-9-8-15(20)18-11-16(21)19-17(3,4)5/h6-7,10H,8-9,11H2,1-5H3,(H,18,20)(H,19,21). The molecule has 0 aliphatic rings. The minimum atomic E-state index is -0.298. The van der Waals surface area contributed by atoms with E-state index in [1.807, 2.05) is 52.8 Å². The van der Waals surface area contributed by atoms with Crippen molar-refractivity contribution in [3.05, 3.63) is 29.3 Å². The van der Waals surface area contributed by atoms with Gasteiger partial charge in [-0.05, 0) is 46.2 Å². The molecule has 0 aromatic heterocycles. The summed E-state index contributed by atoms with van der Waals surface area (Å²) in [5.41, 5.74) is 1.92. The molecule has 2 amide bonds. The molecule has 0 radical (unpaired) electrons. The zero-order valence-electron chi connectivity index (χ0n) is 14.1. The Morgan fingerprint density at radius 1 is 1.14 bits per heavy atom. The van der Waals surface area contributed by atoms with Gasteiger partial charge in [0.25, 0.3) is 0 Å². The lowest BCUT2D eigenvalue weighted by atomic mass is 10.1. The topological polar surface area (TPSA) is 67.4 Å². The van der Waals surface area contributed by atoms with E-state index in [2.05, 4.69) is 10.6 Å². The van der Waals surface area contributed by atoms with E-state index in [4.69, 9.17) is 4.74 Å². The average Bonchev–Trinajstić information content (AvgIpc) is 2.37. The van der Waals surface area contributed by atoms with Crippen LogP contribution in [0.15, 0.2) is 18.2 Å². The van der Waals surface area contributed by atoms with E-state index in [-0.39, 0.29) is 36.9 Å². The van der Waals surface area contributed by atoms with Gasteiger partial charge in [-0.25, -0.2) is 0 Å². The van der Waals surface area contributed by atoms with Crippen LogP contribution in [-0.2, 0) is 9.59 Å². The van der Waals surface area contributed by atoms with Gasteiger partial charge in [-0.2, -0.15) is 0 Å². The fourth-order valence-electron chi connectivity index (χ4n) is 1.94. The van der Waals surface area contributed by atoms with E-state index in [1.54, 1.807) is 0 Å². The molecular weight excluding hydrogens is 280 g/mol. The number of hydrogen-bond donors (Lipinski definition) is 2. The van der Waals surface area contributed by atoms with Gasteiger partial charge in [0.2, 0.25) is 11.8 Å². The van der Waals surface area contributed by atoms with Crippen molar-refractivity contribution >= 4 is 11.8 Å². The van der Waals surface area contributed by atoms with Crippen LogP contribution in [-0.4, -0.2) is 30.5 Å². The summed E-state index contributed by atoms with van der Waals surface area (Å²) in [6.07, 6.45) is 0.218. The van der Waals surface area contributed by atoms with Gasteiger partial charge in [0.15, 0.2) is 0 Å². The van der Waals surface area contributed by atoms with Crippen molar-refractivity contribution in [2.45, 2.75) is 46.6 Å². The van der Waals surface area contributed by atoms with Gasteiger partial charge in [-0.1, -0.05) is 17.7 Å². The van der Waals surface area contributed by atoms with Crippen molar-refractivity contribution in [1.82, 2.24) is 10.6 Å². The first-order valence-corrected chi connectivity index (χ1v) is 7.45. The Bertz CT molecular complexity index is 533. The van der Waals surface area contributed by atoms with Crippen LogP contribution in [0.3, 0.4) is 0 Å². The lowest BCUT2D eigenvalue weighted by Gasteiger charge is -2.20. The highest BCUT2D eigenvalue weighted by molar-refractivity contribution is 5.85. The number of ether oxygens (including phenoxy) is 1. The second-order valence-corrected chi connectivity index (χ2v) is 6.44. The first-order valence-electron chi connectivity index (χ1n) is 7.45. The highest BCUT2D eigenvalue weighted by Gasteiger charge is 2.14. The van der Waals surface area contributed by atoms with E-state index in [9.17, 15) is 9.59 Å². The summed E-state index contributed by atoms with van der Waals surface area (Å²) in [5.74, 6) is 0.383. The minimum Gasteiger partial charge on any atom is -0.493 e. The fraction of sp³-hybridized carbons (Fsp3) is 0.529. The summed E-state index contributed by atoms with van der Waals surface area (Å²) in [4.78, 5) is 23.2. The fourth-order valence-corrected chi connectivity index (χ4v) is 1.94. The molecule has 0 fully saturated rings. The molecule has 0 unspecified atom stereocenters. The van der Waals surface area contributed by atoms with Gasteiger partial charge in [-0.3, -0.25) is 9.59 Å². The van der Waals surface area contributed by atoms with Gasteiger partial charge in [0.1, 0.15) is 5.75 Å². The van der Waals surface area contributed by atoms with Crippen LogP contribution >= 0.6 is 0 Å². The van der Waals surface area contributed by atoms with Crippen molar-refractivity contribution in [3.63, 3.8) is 0 Å². The smallest absolute Gasteiger partial charge is 0.239 e. The Hall–Kier alpha value is -2.04. The summed E-state index contributed by atoms with van der Waals surface area (Å²) in [7, 11) is 0. The molecule has 0 atom stereocenters. The molecule has 22 heavy (non-hydrogen) atoms. The number of carbonyl (C=O) groups excluding carboxylic acids is 2. The molecule has 5 heteroatoms. The second-order valence-electron chi connectivity index (χ2n) is 6.44. The molecule has 0 bridgehead atoms. The zero-order chi connectivity index (χ0) is 16.8. The van der Waals surface area contributed by atoms with Crippen LogP contribution in [0, 0.1) is 13.8 Å². The van der Waals surface area contributed by atoms with E-state index in [0.29, 0.717) is 0 Å². The number of benzene rings is 1. The first-order chi connectivity index (χ1) is 10.2. The first kappa shape index (κ1) is 18.0. The van der Waals surface area contributed by atoms with Crippen LogP contribution in [0.4, 0.5) is 0 Å². The third-order valence-electron chi connectivity index (χ3n) is 2.88. The Morgan fingerprint density at radius 3 is 2.41 bits per heavy atom. The lowest BCUT2D eigenvalue weighted by Crippen LogP contribution is -2.45. The van der Waals surface area contributed by atoms with E-state index >= 15 is 0 Å². The van der Waals surface area contributed by atoms with Crippen LogP contribution in [0.25, 0.3) is 0 Å². The predicted molar refractivity (Wildman–Crippen MR) is 86.9 cm³/mol. The summed E-state index contributed by atoms with van der Waals surface area (Å²) < 4.78 is 5.59. The molecule has 0 spiro atoms. The van der Waals surface area contributed by atoms with Crippen LogP contribution in [0.1, 0.15) is 38.3 Å². The van der Waals surface area contributed by atoms with Crippen molar-refractivity contribution in [1.29, 1.82) is 0 Å². The van der Waals surface area contributed by atoms with Gasteiger partial charge >= 0.3 is 0 Å². The zero-order valence-corrected chi connectivity index (χ0v) is 14.1. The molecule has 0 aliphatic heterocycles. The molecule has 0 aliphatic carbocycles. The van der Waals surface area contributed by atoms with Crippen LogP contribution < -0.4 is 15.4 Å². The number of carbonyl (C=O) groups is 2. The molecule has 2 N–H and O–H groups in total. The SMILES string of the molecule is Cc1ccc(OCCC(=O)NCC(=O)NC(C)(C)C)c(C)c1. The normalized spacial score (nSPS) is 11.0. The van der Waals surface area contributed by atoms with Crippen LogP contribution in [0.2, 0.25) is 0 Å². The maximum Gasteiger partial charge on any atom is 0.239 e. The molecule has 122 valence electrons. The number of amides is 2. The quantitative estimate of drug-likeness (QED) is 0.846. The van der Waals surface area contributed by atoms with Gasteiger partial charge < -0.3 is 15.4 Å². The summed E-state index contributed by atoms with van der Waals surface area (Å²) in [6, 6.07) is 5.91. The maximum atomic E-state index is 11.7. The van der Waals surface area contributed by atoms with Gasteiger partial charge in [0, 0.05) is 5.54 Å². The van der Waals surface area contributed by atoms with Gasteiger partial charge in [-0.15, -0.1) is 0 Å². The Balaban J connectivity index is 2.27. The molecular formula is C17H26N2O3.